The molecule has 1 unspecified atom stereocenters. The largest absolute Gasteiger partial charge is 0.334 e. The van der Waals surface area contributed by atoms with Gasteiger partial charge in [-0.3, -0.25) is 4.79 Å². The summed E-state index contributed by atoms with van der Waals surface area (Å²) in [5.74, 6) is 0.711. The number of benzene rings is 1. The highest BCUT2D eigenvalue weighted by atomic mass is 16.2. The van der Waals surface area contributed by atoms with Crippen molar-refractivity contribution in [2.45, 2.75) is 38.8 Å². The molecule has 3 nitrogen and oxygen atoms in total. The van der Waals surface area contributed by atoms with Crippen LogP contribution in [0, 0.1) is 5.92 Å². The van der Waals surface area contributed by atoms with E-state index in [-0.39, 0.29) is 12.5 Å². The maximum atomic E-state index is 12.0. The van der Waals surface area contributed by atoms with Gasteiger partial charge in [0.2, 0.25) is 5.91 Å². The van der Waals surface area contributed by atoms with Crippen molar-refractivity contribution in [3.63, 3.8) is 0 Å². The van der Waals surface area contributed by atoms with Gasteiger partial charge in [0.1, 0.15) is 0 Å². The average molecular weight is 246 g/mol. The Bertz CT molecular complexity index is 387. The number of amides is 1. The van der Waals surface area contributed by atoms with Gasteiger partial charge in [-0.2, -0.15) is 0 Å². The monoisotopic (exact) mass is 246 g/mol. The Morgan fingerprint density at radius 3 is 2.56 bits per heavy atom. The Labute approximate surface area is 109 Å². The van der Waals surface area contributed by atoms with Crippen LogP contribution in [0.5, 0.6) is 0 Å². The van der Waals surface area contributed by atoms with E-state index in [1.54, 1.807) is 0 Å². The molecular formula is C15H22N2O. The van der Waals surface area contributed by atoms with Crippen molar-refractivity contribution in [2.24, 2.45) is 11.7 Å². The van der Waals surface area contributed by atoms with E-state index in [0.717, 1.165) is 0 Å². The highest BCUT2D eigenvalue weighted by Gasteiger charge is 2.30. The lowest BCUT2D eigenvalue weighted by molar-refractivity contribution is -0.134. The van der Waals surface area contributed by atoms with E-state index in [2.05, 4.69) is 19.1 Å². The van der Waals surface area contributed by atoms with Crippen molar-refractivity contribution in [1.29, 1.82) is 0 Å². The third-order valence-corrected chi connectivity index (χ3v) is 4.01. The molecule has 1 aromatic carbocycles. The van der Waals surface area contributed by atoms with Crippen LogP contribution in [0.3, 0.4) is 0 Å². The molecular weight excluding hydrogens is 224 g/mol. The molecule has 0 aromatic heterocycles. The van der Waals surface area contributed by atoms with Crippen LogP contribution in [0.15, 0.2) is 30.3 Å². The molecule has 2 N–H and O–H groups in total. The fourth-order valence-corrected chi connectivity index (χ4v) is 2.53. The van der Waals surface area contributed by atoms with Crippen molar-refractivity contribution in [2.75, 3.05) is 6.54 Å². The minimum atomic E-state index is 0.0539. The SMILES string of the molecule is CC(C1CCC1)N(Cc1ccccc1)C(=O)CN. The topological polar surface area (TPSA) is 46.3 Å². The second-order valence-corrected chi connectivity index (χ2v) is 5.14. The summed E-state index contributed by atoms with van der Waals surface area (Å²) in [7, 11) is 0. The molecule has 1 amide bonds. The highest BCUT2D eigenvalue weighted by molar-refractivity contribution is 5.78. The number of nitrogens with zero attached hydrogens (tertiary/aromatic N) is 1. The van der Waals surface area contributed by atoms with E-state index in [1.807, 2.05) is 23.1 Å². The summed E-state index contributed by atoms with van der Waals surface area (Å²) in [5.41, 5.74) is 6.70. The van der Waals surface area contributed by atoms with Gasteiger partial charge in [-0.1, -0.05) is 36.8 Å². The summed E-state index contributed by atoms with van der Waals surface area (Å²) in [6.07, 6.45) is 3.78. The van der Waals surface area contributed by atoms with Gasteiger partial charge in [0, 0.05) is 12.6 Å². The van der Waals surface area contributed by atoms with Crippen molar-refractivity contribution < 1.29 is 4.79 Å². The van der Waals surface area contributed by atoms with Crippen LogP contribution in [0.1, 0.15) is 31.7 Å². The molecule has 1 aliphatic carbocycles. The second kappa shape index (κ2) is 6.01. The molecule has 1 saturated carbocycles. The quantitative estimate of drug-likeness (QED) is 0.865. The standard InChI is InChI=1S/C15H22N2O/c1-12(14-8-5-9-14)17(15(18)10-16)11-13-6-3-2-4-7-13/h2-4,6-7,12,14H,5,8-11,16H2,1H3. The number of hydrogen-bond donors (Lipinski definition) is 1. The Morgan fingerprint density at radius 1 is 1.39 bits per heavy atom. The lowest BCUT2D eigenvalue weighted by atomic mass is 9.79. The van der Waals surface area contributed by atoms with Crippen molar-refractivity contribution in [3.05, 3.63) is 35.9 Å². The Kier molecular flexibility index (Phi) is 4.37. The van der Waals surface area contributed by atoms with Crippen LogP contribution >= 0.6 is 0 Å². The molecule has 0 heterocycles. The summed E-state index contributed by atoms with van der Waals surface area (Å²) in [4.78, 5) is 13.9. The Morgan fingerprint density at radius 2 is 2.06 bits per heavy atom. The Hall–Kier alpha value is -1.35. The minimum Gasteiger partial charge on any atom is -0.334 e. The molecule has 2 rings (SSSR count). The summed E-state index contributed by atoms with van der Waals surface area (Å²) >= 11 is 0. The van der Waals surface area contributed by atoms with Gasteiger partial charge in [0.15, 0.2) is 0 Å². The van der Waals surface area contributed by atoms with E-state index < -0.39 is 0 Å². The van der Waals surface area contributed by atoms with E-state index in [1.165, 1.54) is 24.8 Å². The second-order valence-electron chi connectivity index (χ2n) is 5.14. The first kappa shape index (κ1) is 13.1. The Balaban J connectivity index is 2.07. The maximum absolute atomic E-state index is 12.0. The third kappa shape index (κ3) is 2.91. The summed E-state index contributed by atoms with van der Waals surface area (Å²) in [6, 6.07) is 10.4. The van der Waals surface area contributed by atoms with Crippen LogP contribution < -0.4 is 5.73 Å². The van der Waals surface area contributed by atoms with Crippen molar-refractivity contribution >= 4 is 5.91 Å². The van der Waals surface area contributed by atoms with Gasteiger partial charge in [0.05, 0.1) is 6.54 Å². The first-order valence-corrected chi connectivity index (χ1v) is 6.76. The number of hydrogen-bond acceptors (Lipinski definition) is 2. The van der Waals surface area contributed by atoms with Crippen molar-refractivity contribution in [1.82, 2.24) is 4.90 Å². The van der Waals surface area contributed by atoms with E-state index >= 15 is 0 Å². The normalized spacial score (nSPS) is 17.0. The molecule has 1 fully saturated rings. The predicted molar refractivity (Wildman–Crippen MR) is 72.8 cm³/mol. The predicted octanol–water partition coefficient (Wildman–Crippen LogP) is 2.16. The average Bonchev–Trinajstić information content (AvgIpc) is 2.34. The molecule has 0 aliphatic heterocycles. The number of carbonyl (C=O) groups excluding carboxylic acids is 1. The fraction of sp³-hybridized carbons (Fsp3) is 0.533. The molecule has 0 radical (unpaired) electrons. The van der Waals surface area contributed by atoms with Gasteiger partial charge in [-0.05, 0) is 31.2 Å². The first-order valence-electron chi connectivity index (χ1n) is 6.76. The van der Waals surface area contributed by atoms with Gasteiger partial charge in [0.25, 0.3) is 0 Å². The van der Waals surface area contributed by atoms with E-state index in [9.17, 15) is 4.79 Å². The van der Waals surface area contributed by atoms with Gasteiger partial charge >= 0.3 is 0 Å². The molecule has 0 saturated heterocycles. The third-order valence-electron chi connectivity index (χ3n) is 4.01. The van der Waals surface area contributed by atoms with Gasteiger partial charge in [-0.15, -0.1) is 0 Å². The van der Waals surface area contributed by atoms with Gasteiger partial charge in [-0.25, -0.2) is 0 Å². The minimum absolute atomic E-state index is 0.0539. The van der Waals surface area contributed by atoms with E-state index in [0.29, 0.717) is 18.5 Å². The fourth-order valence-electron chi connectivity index (χ4n) is 2.53. The molecule has 1 aliphatic rings. The number of rotatable bonds is 5. The zero-order valence-corrected chi connectivity index (χ0v) is 11.0. The molecule has 0 spiro atoms. The smallest absolute Gasteiger partial charge is 0.236 e. The van der Waals surface area contributed by atoms with Crippen LogP contribution in [0.2, 0.25) is 0 Å². The summed E-state index contributed by atoms with van der Waals surface area (Å²) in [5, 5.41) is 0. The zero-order chi connectivity index (χ0) is 13.0. The van der Waals surface area contributed by atoms with Crippen molar-refractivity contribution in [3.8, 4) is 0 Å². The van der Waals surface area contributed by atoms with Crippen LogP contribution in [-0.4, -0.2) is 23.4 Å². The van der Waals surface area contributed by atoms with Crippen LogP contribution in [-0.2, 0) is 11.3 Å². The lowest BCUT2D eigenvalue weighted by Gasteiger charge is -2.39. The number of carbonyl (C=O) groups is 1. The highest BCUT2D eigenvalue weighted by Crippen LogP contribution is 2.32. The molecule has 3 heteroatoms. The van der Waals surface area contributed by atoms with Gasteiger partial charge < -0.3 is 10.6 Å². The van der Waals surface area contributed by atoms with Crippen LogP contribution in [0.25, 0.3) is 0 Å². The summed E-state index contributed by atoms with van der Waals surface area (Å²) < 4.78 is 0. The lowest BCUT2D eigenvalue weighted by Crippen LogP contribution is -2.46. The maximum Gasteiger partial charge on any atom is 0.236 e. The van der Waals surface area contributed by atoms with E-state index in [4.69, 9.17) is 5.73 Å². The van der Waals surface area contributed by atoms with Crippen LogP contribution in [0.4, 0.5) is 0 Å². The number of nitrogens with two attached hydrogens (primary N) is 1. The molecule has 1 atom stereocenters. The summed E-state index contributed by atoms with van der Waals surface area (Å²) in [6.45, 7) is 2.93. The zero-order valence-electron chi connectivity index (χ0n) is 11.0. The molecule has 1 aromatic rings. The molecule has 0 bridgehead atoms. The molecule has 18 heavy (non-hydrogen) atoms. The molecule has 98 valence electrons. The first-order chi connectivity index (χ1) is 8.72.